The third-order valence-electron chi connectivity index (χ3n) is 4.84. The van der Waals surface area contributed by atoms with Crippen LogP contribution >= 0.6 is 0 Å². The molecule has 1 aromatic heterocycles. The Bertz CT molecular complexity index is 656. The topological polar surface area (TPSA) is 34.1 Å². The number of aryl methyl sites for hydroxylation is 1. The summed E-state index contributed by atoms with van der Waals surface area (Å²) in [6.45, 7) is 7.07. The standard InChI is InChI=1S/C21H28N2O/c1-4-24-21-20(12-16(3)14-22-21)23-19-11-15(2)10-18(13-19)17-8-6-5-7-9-17/h5-9,12,14-15,18-19,23H,4,10-11,13H2,1-3H3. The van der Waals surface area contributed by atoms with E-state index in [1.54, 1.807) is 0 Å². The van der Waals surface area contributed by atoms with Crippen LogP contribution in [0.15, 0.2) is 42.6 Å². The van der Waals surface area contributed by atoms with Crippen LogP contribution in [0.25, 0.3) is 0 Å². The Morgan fingerprint density at radius 3 is 2.71 bits per heavy atom. The Morgan fingerprint density at radius 2 is 1.96 bits per heavy atom. The van der Waals surface area contributed by atoms with Crippen molar-refractivity contribution in [2.24, 2.45) is 5.92 Å². The van der Waals surface area contributed by atoms with Gasteiger partial charge in [0.25, 0.3) is 0 Å². The van der Waals surface area contributed by atoms with Gasteiger partial charge in [-0.1, -0.05) is 37.3 Å². The second kappa shape index (κ2) is 7.69. The molecule has 1 N–H and O–H groups in total. The van der Waals surface area contributed by atoms with Crippen LogP contribution < -0.4 is 10.1 Å². The van der Waals surface area contributed by atoms with E-state index in [2.05, 4.69) is 60.5 Å². The molecule has 1 saturated carbocycles. The summed E-state index contributed by atoms with van der Waals surface area (Å²) in [4.78, 5) is 4.44. The number of rotatable bonds is 5. The zero-order valence-corrected chi connectivity index (χ0v) is 15.0. The van der Waals surface area contributed by atoms with E-state index in [1.807, 2.05) is 13.1 Å². The molecule has 128 valence electrons. The number of aromatic nitrogens is 1. The summed E-state index contributed by atoms with van der Waals surface area (Å²) in [7, 11) is 0. The molecule has 1 heterocycles. The van der Waals surface area contributed by atoms with E-state index in [0.717, 1.165) is 29.5 Å². The Labute approximate surface area is 145 Å². The molecule has 3 atom stereocenters. The van der Waals surface area contributed by atoms with Crippen LogP contribution in [-0.4, -0.2) is 17.6 Å². The summed E-state index contributed by atoms with van der Waals surface area (Å²) in [5, 5.41) is 3.72. The molecule has 0 saturated heterocycles. The fourth-order valence-electron chi connectivity index (χ4n) is 3.85. The minimum absolute atomic E-state index is 0.460. The Hall–Kier alpha value is -2.03. The monoisotopic (exact) mass is 324 g/mol. The predicted molar refractivity (Wildman–Crippen MR) is 99.8 cm³/mol. The highest BCUT2D eigenvalue weighted by Gasteiger charge is 2.28. The van der Waals surface area contributed by atoms with Crippen LogP contribution in [0, 0.1) is 12.8 Å². The highest BCUT2D eigenvalue weighted by atomic mass is 16.5. The van der Waals surface area contributed by atoms with E-state index in [1.165, 1.54) is 18.4 Å². The van der Waals surface area contributed by atoms with Gasteiger partial charge in [0.15, 0.2) is 0 Å². The Balaban J connectivity index is 1.76. The first-order valence-corrected chi connectivity index (χ1v) is 9.06. The highest BCUT2D eigenvalue weighted by Crippen LogP contribution is 2.38. The van der Waals surface area contributed by atoms with Crippen LogP contribution in [0.4, 0.5) is 5.69 Å². The number of hydrogen-bond donors (Lipinski definition) is 1. The van der Waals surface area contributed by atoms with E-state index in [-0.39, 0.29) is 0 Å². The molecule has 1 fully saturated rings. The molecule has 1 aromatic carbocycles. The van der Waals surface area contributed by atoms with Gasteiger partial charge in [-0.3, -0.25) is 0 Å². The molecule has 2 aromatic rings. The average Bonchev–Trinajstić information content (AvgIpc) is 2.58. The first-order chi connectivity index (χ1) is 11.7. The molecule has 0 amide bonds. The Kier molecular flexibility index (Phi) is 5.39. The van der Waals surface area contributed by atoms with E-state index in [9.17, 15) is 0 Å². The maximum atomic E-state index is 5.70. The van der Waals surface area contributed by atoms with Crippen molar-refractivity contribution in [3.63, 3.8) is 0 Å². The fraction of sp³-hybridized carbons (Fsp3) is 0.476. The second-order valence-corrected chi connectivity index (χ2v) is 7.06. The molecule has 0 spiro atoms. The zero-order chi connectivity index (χ0) is 16.9. The van der Waals surface area contributed by atoms with Crippen molar-refractivity contribution in [3.8, 4) is 5.88 Å². The molecule has 3 nitrogen and oxygen atoms in total. The van der Waals surface area contributed by atoms with Crippen molar-refractivity contribution in [2.45, 2.75) is 52.0 Å². The Morgan fingerprint density at radius 1 is 1.17 bits per heavy atom. The van der Waals surface area contributed by atoms with Gasteiger partial charge in [-0.05, 0) is 62.1 Å². The molecule has 0 bridgehead atoms. The number of ether oxygens (including phenoxy) is 1. The lowest BCUT2D eigenvalue weighted by Crippen LogP contribution is -2.30. The molecule has 3 rings (SSSR count). The third kappa shape index (κ3) is 4.08. The van der Waals surface area contributed by atoms with Crippen molar-refractivity contribution in [1.82, 2.24) is 4.98 Å². The van der Waals surface area contributed by atoms with Gasteiger partial charge in [-0.25, -0.2) is 4.98 Å². The fourth-order valence-corrected chi connectivity index (χ4v) is 3.85. The van der Waals surface area contributed by atoms with Gasteiger partial charge in [0.1, 0.15) is 0 Å². The maximum absolute atomic E-state index is 5.70. The van der Waals surface area contributed by atoms with Crippen LogP contribution in [0.5, 0.6) is 5.88 Å². The van der Waals surface area contributed by atoms with Gasteiger partial charge in [-0.2, -0.15) is 0 Å². The van der Waals surface area contributed by atoms with Gasteiger partial charge in [0.05, 0.1) is 12.3 Å². The summed E-state index contributed by atoms with van der Waals surface area (Å²) < 4.78 is 5.70. The molecule has 1 aliphatic rings. The van der Waals surface area contributed by atoms with Crippen LogP contribution in [0.3, 0.4) is 0 Å². The lowest BCUT2D eigenvalue weighted by molar-refractivity contribution is 0.314. The summed E-state index contributed by atoms with van der Waals surface area (Å²) in [5.41, 5.74) is 3.65. The quantitative estimate of drug-likeness (QED) is 0.823. The molecular weight excluding hydrogens is 296 g/mol. The lowest BCUT2D eigenvalue weighted by atomic mass is 9.76. The predicted octanol–water partition coefficient (Wildman–Crippen LogP) is 5.17. The van der Waals surface area contributed by atoms with E-state index >= 15 is 0 Å². The number of nitrogens with zero attached hydrogens (tertiary/aromatic N) is 1. The van der Waals surface area contributed by atoms with Crippen LogP contribution in [0.2, 0.25) is 0 Å². The molecule has 3 heteroatoms. The molecule has 24 heavy (non-hydrogen) atoms. The van der Waals surface area contributed by atoms with Gasteiger partial charge in [0, 0.05) is 12.2 Å². The maximum Gasteiger partial charge on any atom is 0.237 e. The summed E-state index contributed by atoms with van der Waals surface area (Å²) in [5.74, 6) is 2.06. The highest BCUT2D eigenvalue weighted by molar-refractivity contribution is 5.54. The largest absolute Gasteiger partial charge is 0.476 e. The number of benzene rings is 1. The average molecular weight is 324 g/mol. The normalized spacial score (nSPS) is 23.7. The van der Waals surface area contributed by atoms with E-state index in [4.69, 9.17) is 4.74 Å². The minimum Gasteiger partial charge on any atom is -0.476 e. The molecule has 0 aliphatic heterocycles. The molecule has 1 aliphatic carbocycles. The van der Waals surface area contributed by atoms with Crippen molar-refractivity contribution < 1.29 is 4.74 Å². The summed E-state index contributed by atoms with van der Waals surface area (Å²) in [6, 6.07) is 13.5. The number of nitrogens with one attached hydrogen (secondary N) is 1. The molecule has 0 radical (unpaired) electrons. The number of hydrogen-bond acceptors (Lipinski definition) is 3. The summed E-state index contributed by atoms with van der Waals surface area (Å²) in [6.07, 6.45) is 5.50. The van der Waals surface area contributed by atoms with Crippen LogP contribution in [0.1, 0.15) is 50.2 Å². The van der Waals surface area contributed by atoms with Crippen molar-refractivity contribution in [2.75, 3.05) is 11.9 Å². The van der Waals surface area contributed by atoms with Crippen molar-refractivity contribution >= 4 is 5.69 Å². The first-order valence-electron chi connectivity index (χ1n) is 9.06. The van der Waals surface area contributed by atoms with E-state index < -0.39 is 0 Å². The third-order valence-corrected chi connectivity index (χ3v) is 4.84. The smallest absolute Gasteiger partial charge is 0.237 e. The zero-order valence-electron chi connectivity index (χ0n) is 15.0. The van der Waals surface area contributed by atoms with E-state index in [0.29, 0.717) is 18.6 Å². The van der Waals surface area contributed by atoms with Crippen molar-refractivity contribution in [3.05, 3.63) is 53.7 Å². The second-order valence-electron chi connectivity index (χ2n) is 7.06. The molecule has 3 unspecified atom stereocenters. The summed E-state index contributed by atoms with van der Waals surface area (Å²) >= 11 is 0. The number of anilines is 1. The minimum atomic E-state index is 0.460. The number of pyridine rings is 1. The SMILES string of the molecule is CCOc1ncc(C)cc1NC1CC(C)CC(c2ccccc2)C1. The molecular formula is C21H28N2O. The van der Waals surface area contributed by atoms with Gasteiger partial charge in [-0.15, -0.1) is 0 Å². The van der Waals surface area contributed by atoms with Crippen LogP contribution in [-0.2, 0) is 0 Å². The van der Waals surface area contributed by atoms with Gasteiger partial charge < -0.3 is 10.1 Å². The van der Waals surface area contributed by atoms with Gasteiger partial charge in [0.2, 0.25) is 5.88 Å². The van der Waals surface area contributed by atoms with Gasteiger partial charge >= 0.3 is 0 Å². The lowest BCUT2D eigenvalue weighted by Gasteiger charge is -2.35. The first kappa shape index (κ1) is 16.8. The van der Waals surface area contributed by atoms with Crippen molar-refractivity contribution in [1.29, 1.82) is 0 Å².